The first-order valence-corrected chi connectivity index (χ1v) is 8.73. The van der Waals surface area contributed by atoms with E-state index in [2.05, 4.69) is 26.2 Å². The third kappa shape index (κ3) is 3.48. The fourth-order valence-corrected chi connectivity index (χ4v) is 3.00. The monoisotopic (exact) mass is 423 g/mol. The van der Waals surface area contributed by atoms with Crippen molar-refractivity contribution in [1.29, 1.82) is 0 Å². The SMILES string of the molecule is Cc1c(Cl)cccc1NC(=O)C(C)N1C(=O)COc2ccc(Br)nc21. The van der Waals surface area contributed by atoms with Crippen molar-refractivity contribution in [2.75, 3.05) is 16.8 Å². The molecule has 2 aromatic rings. The van der Waals surface area contributed by atoms with Gasteiger partial charge in [0.2, 0.25) is 5.91 Å². The second kappa shape index (κ2) is 7.01. The molecule has 2 heterocycles. The Hall–Kier alpha value is -2.12. The zero-order valence-corrected chi connectivity index (χ0v) is 15.9. The molecule has 1 aliphatic heterocycles. The van der Waals surface area contributed by atoms with E-state index in [-0.39, 0.29) is 18.4 Å². The smallest absolute Gasteiger partial charge is 0.266 e. The lowest BCUT2D eigenvalue weighted by molar-refractivity contribution is -0.125. The van der Waals surface area contributed by atoms with Crippen molar-refractivity contribution in [3.05, 3.63) is 45.5 Å². The number of rotatable bonds is 3. The van der Waals surface area contributed by atoms with Crippen LogP contribution in [0.1, 0.15) is 12.5 Å². The average molecular weight is 425 g/mol. The van der Waals surface area contributed by atoms with Crippen molar-refractivity contribution >= 4 is 50.9 Å². The van der Waals surface area contributed by atoms with E-state index in [1.165, 1.54) is 4.90 Å². The lowest BCUT2D eigenvalue weighted by Gasteiger charge is -2.32. The summed E-state index contributed by atoms with van der Waals surface area (Å²) in [6.45, 7) is 3.32. The Labute approximate surface area is 158 Å². The van der Waals surface area contributed by atoms with Crippen molar-refractivity contribution in [3.63, 3.8) is 0 Å². The van der Waals surface area contributed by atoms with E-state index in [9.17, 15) is 9.59 Å². The van der Waals surface area contributed by atoms with Crippen LogP contribution in [0.4, 0.5) is 11.5 Å². The molecule has 0 saturated carbocycles. The van der Waals surface area contributed by atoms with Crippen molar-refractivity contribution in [2.45, 2.75) is 19.9 Å². The molecule has 3 rings (SSSR count). The van der Waals surface area contributed by atoms with Gasteiger partial charge in [0.1, 0.15) is 10.6 Å². The van der Waals surface area contributed by atoms with Crippen LogP contribution in [0.2, 0.25) is 5.02 Å². The summed E-state index contributed by atoms with van der Waals surface area (Å²) in [6.07, 6.45) is 0. The van der Waals surface area contributed by atoms with Gasteiger partial charge in [-0.2, -0.15) is 0 Å². The normalized spacial score (nSPS) is 14.6. The molecule has 0 bridgehead atoms. The number of fused-ring (bicyclic) bond motifs is 1. The maximum absolute atomic E-state index is 12.7. The van der Waals surface area contributed by atoms with Crippen LogP contribution in [0.3, 0.4) is 0 Å². The molecule has 0 fully saturated rings. The number of pyridine rings is 1. The Morgan fingerprint density at radius 1 is 1.40 bits per heavy atom. The molecule has 1 atom stereocenters. The molecule has 0 spiro atoms. The highest BCUT2D eigenvalue weighted by molar-refractivity contribution is 9.10. The maximum Gasteiger partial charge on any atom is 0.266 e. The predicted molar refractivity (Wildman–Crippen MR) is 99.2 cm³/mol. The largest absolute Gasteiger partial charge is 0.480 e. The summed E-state index contributed by atoms with van der Waals surface area (Å²) in [5.74, 6) is 0.106. The van der Waals surface area contributed by atoms with Gasteiger partial charge in [-0.1, -0.05) is 17.7 Å². The number of carbonyl (C=O) groups excluding carboxylic acids is 2. The van der Waals surface area contributed by atoms with Gasteiger partial charge in [-0.3, -0.25) is 14.5 Å². The fraction of sp³-hybridized carbons (Fsp3) is 0.235. The fourth-order valence-electron chi connectivity index (χ4n) is 2.52. The minimum Gasteiger partial charge on any atom is -0.480 e. The zero-order valence-electron chi connectivity index (χ0n) is 13.5. The lowest BCUT2D eigenvalue weighted by atomic mass is 10.1. The Kier molecular flexibility index (Phi) is 4.96. The van der Waals surface area contributed by atoms with Crippen LogP contribution < -0.4 is 15.0 Å². The van der Waals surface area contributed by atoms with E-state index in [0.29, 0.717) is 26.9 Å². The first-order valence-electron chi connectivity index (χ1n) is 7.56. The predicted octanol–water partition coefficient (Wildman–Crippen LogP) is 3.56. The molecule has 0 aliphatic carbocycles. The molecule has 1 aliphatic rings. The molecule has 0 saturated heterocycles. The van der Waals surface area contributed by atoms with Gasteiger partial charge in [-0.15, -0.1) is 0 Å². The van der Waals surface area contributed by atoms with Crippen LogP contribution in [0.15, 0.2) is 34.9 Å². The van der Waals surface area contributed by atoms with E-state index >= 15 is 0 Å². The highest BCUT2D eigenvalue weighted by atomic mass is 79.9. The Morgan fingerprint density at radius 2 is 2.16 bits per heavy atom. The van der Waals surface area contributed by atoms with Gasteiger partial charge >= 0.3 is 0 Å². The zero-order chi connectivity index (χ0) is 18.1. The minimum atomic E-state index is -0.768. The summed E-state index contributed by atoms with van der Waals surface area (Å²) in [5, 5.41) is 3.38. The van der Waals surface area contributed by atoms with Crippen LogP contribution in [-0.2, 0) is 9.59 Å². The number of ether oxygens (including phenoxy) is 1. The van der Waals surface area contributed by atoms with Crippen molar-refractivity contribution in [1.82, 2.24) is 4.98 Å². The summed E-state index contributed by atoms with van der Waals surface area (Å²) < 4.78 is 5.93. The second-order valence-electron chi connectivity index (χ2n) is 5.59. The molecule has 0 radical (unpaired) electrons. The molecule has 8 heteroatoms. The Balaban J connectivity index is 1.88. The minimum absolute atomic E-state index is 0.135. The first-order chi connectivity index (χ1) is 11.9. The van der Waals surface area contributed by atoms with Crippen molar-refractivity contribution < 1.29 is 14.3 Å². The quantitative estimate of drug-likeness (QED) is 0.765. The van der Waals surface area contributed by atoms with Gasteiger partial charge in [0.15, 0.2) is 18.2 Å². The molecule has 1 aromatic carbocycles. The number of benzene rings is 1. The third-order valence-electron chi connectivity index (χ3n) is 3.95. The van der Waals surface area contributed by atoms with Gasteiger partial charge in [0, 0.05) is 10.7 Å². The van der Waals surface area contributed by atoms with Crippen LogP contribution in [0, 0.1) is 6.92 Å². The second-order valence-corrected chi connectivity index (χ2v) is 6.81. The van der Waals surface area contributed by atoms with Crippen LogP contribution in [0.5, 0.6) is 5.75 Å². The van der Waals surface area contributed by atoms with Crippen LogP contribution in [-0.4, -0.2) is 29.4 Å². The molecule has 130 valence electrons. The molecule has 6 nitrogen and oxygen atoms in total. The Morgan fingerprint density at radius 3 is 2.92 bits per heavy atom. The number of carbonyl (C=O) groups is 2. The maximum atomic E-state index is 12.7. The molecule has 25 heavy (non-hydrogen) atoms. The van der Waals surface area contributed by atoms with Gasteiger partial charge in [0.25, 0.3) is 5.91 Å². The van der Waals surface area contributed by atoms with E-state index in [1.54, 1.807) is 37.3 Å². The topological polar surface area (TPSA) is 71.5 Å². The Bertz CT molecular complexity index is 859. The van der Waals surface area contributed by atoms with Crippen LogP contribution in [0.25, 0.3) is 0 Å². The number of nitrogens with zero attached hydrogens (tertiary/aromatic N) is 2. The third-order valence-corrected chi connectivity index (χ3v) is 4.80. The lowest BCUT2D eigenvalue weighted by Crippen LogP contribution is -2.50. The number of hydrogen-bond acceptors (Lipinski definition) is 4. The van der Waals surface area contributed by atoms with Crippen molar-refractivity contribution in [3.8, 4) is 5.75 Å². The summed E-state index contributed by atoms with van der Waals surface area (Å²) in [6, 6.07) is 7.92. The van der Waals surface area contributed by atoms with E-state index in [1.807, 2.05) is 6.92 Å². The van der Waals surface area contributed by atoms with Gasteiger partial charge in [-0.25, -0.2) is 4.98 Å². The number of aromatic nitrogens is 1. The van der Waals surface area contributed by atoms with E-state index < -0.39 is 6.04 Å². The summed E-state index contributed by atoms with van der Waals surface area (Å²) in [5.41, 5.74) is 1.37. The first kappa shape index (κ1) is 17.7. The number of anilines is 2. The molecule has 2 amide bonds. The molecule has 1 N–H and O–H groups in total. The van der Waals surface area contributed by atoms with E-state index in [4.69, 9.17) is 16.3 Å². The summed E-state index contributed by atoms with van der Waals surface area (Å²) >= 11 is 9.36. The van der Waals surface area contributed by atoms with Gasteiger partial charge in [0.05, 0.1) is 0 Å². The molecule has 1 aromatic heterocycles. The molecular weight excluding hydrogens is 410 g/mol. The number of hydrogen-bond donors (Lipinski definition) is 1. The number of nitrogens with one attached hydrogen (secondary N) is 1. The summed E-state index contributed by atoms with van der Waals surface area (Å²) in [4.78, 5) is 30.6. The number of halogens is 2. The molecular formula is C17H15BrClN3O3. The molecule has 1 unspecified atom stereocenters. The highest BCUT2D eigenvalue weighted by Gasteiger charge is 2.34. The summed E-state index contributed by atoms with van der Waals surface area (Å²) in [7, 11) is 0. The highest BCUT2D eigenvalue weighted by Crippen LogP contribution is 2.33. The van der Waals surface area contributed by atoms with Gasteiger partial charge in [-0.05, 0) is 59.6 Å². The average Bonchev–Trinajstić information content (AvgIpc) is 2.58. The number of amides is 2. The van der Waals surface area contributed by atoms with Crippen LogP contribution >= 0.6 is 27.5 Å². The van der Waals surface area contributed by atoms with Crippen molar-refractivity contribution in [2.24, 2.45) is 0 Å². The standard InChI is InChI=1S/C17H15BrClN3O3/c1-9-11(19)4-3-5-12(9)20-17(24)10(2)22-15(23)8-25-13-6-7-14(18)21-16(13)22/h3-7,10H,8H2,1-2H3,(H,20,24). The van der Waals surface area contributed by atoms with E-state index in [0.717, 1.165) is 5.56 Å². The van der Waals surface area contributed by atoms with Gasteiger partial charge < -0.3 is 10.1 Å².